The zero-order chi connectivity index (χ0) is 17.1. The number of ether oxygens (including phenoxy) is 2. The number of nitrogens with two attached hydrogens (primary N) is 1. The number of hydrogen-bond donors (Lipinski definition) is 1. The smallest absolute Gasteiger partial charge is 0.221 e. The van der Waals surface area contributed by atoms with E-state index in [0.717, 1.165) is 22.6 Å². The van der Waals surface area contributed by atoms with Crippen LogP contribution < -0.4 is 15.2 Å². The van der Waals surface area contributed by atoms with E-state index in [2.05, 4.69) is 9.97 Å². The highest BCUT2D eigenvalue weighted by Crippen LogP contribution is 2.34. The molecular weight excluding hydrogens is 302 g/mol. The molecule has 3 rings (SSSR count). The lowest BCUT2D eigenvalue weighted by molar-refractivity contribution is 0.395. The summed E-state index contributed by atoms with van der Waals surface area (Å²) in [5.41, 5.74) is 10.4. The van der Waals surface area contributed by atoms with Gasteiger partial charge in [-0.3, -0.25) is 0 Å². The monoisotopic (exact) mass is 321 g/mol. The van der Waals surface area contributed by atoms with Crippen molar-refractivity contribution in [1.29, 1.82) is 0 Å². The molecule has 2 N–H and O–H groups in total. The lowest BCUT2D eigenvalue weighted by Gasteiger charge is -2.11. The SMILES string of the molecule is COc1ccc(-c2cc(-c3ccc(C)cc3)nc(N)n2)c(OC)c1. The Morgan fingerprint density at radius 1 is 0.833 bits per heavy atom. The number of aryl methyl sites for hydroxylation is 1. The lowest BCUT2D eigenvalue weighted by Crippen LogP contribution is -2.00. The Hall–Kier alpha value is -3.08. The summed E-state index contributed by atoms with van der Waals surface area (Å²) in [6.07, 6.45) is 0. The molecule has 0 radical (unpaired) electrons. The van der Waals surface area contributed by atoms with E-state index < -0.39 is 0 Å². The fourth-order valence-electron chi connectivity index (χ4n) is 2.49. The summed E-state index contributed by atoms with van der Waals surface area (Å²) >= 11 is 0. The van der Waals surface area contributed by atoms with Crippen molar-refractivity contribution in [3.05, 3.63) is 54.1 Å². The zero-order valence-corrected chi connectivity index (χ0v) is 13.9. The summed E-state index contributed by atoms with van der Waals surface area (Å²) in [7, 11) is 3.23. The van der Waals surface area contributed by atoms with Gasteiger partial charge in [0.1, 0.15) is 11.5 Å². The van der Waals surface area contributed by atoms with Crippen LogP contribution in [0.2, 0.25) is 0 Å². The minimum Gasteiger partial charge on any atom is -0.497 e. The van der Waals surface area contributed by atoms with Gasteiger partial charge in [0.05, 0.1) is 25.6 Å². The Kier molecular flexibility index (Phi) is 4.33. The van der Waals surface area contributed by atoms with Crippen LogP contribution in [0.5, 0.6) is 11.5 Å². The van der Waals surface area contributed by atoms with E-state index in [9.17, 15) is 0 Å². The molecule has 0 aliphatic heterocycles. The number of rotatable bonds is 4. The Balaban J connectivity index is 2.11. The molecule has 24 heavy (non-hydrogen) atoms. The molecule has 0 atom stereocenters. The van der Waals surface area contributed by atoms with Crippen molar-refractivity contribution in [3.63, 3.8) is 0 Å². The molecule has 0 saturated carbocycles. The average molecular weight is 321 g/mol. The Bertz CT molecular complexity index is 861. The van der Waals surface area contributed by atoms with Gasteiger partial charge in [-0.1, -0.05) is 29.8 Å². The standard InChI is InChI=1S/C19H19N3O2/c1-12-4-6-13(7-5-12)16-11-17(22-19(20)21-16)15-9-8-14(23-2)10-18(15)24-3/h4-11H,1-3H3,(H2,20,21,22). The van der Waals surface area contributed by atoms with Gasteiger partial charge in [-0.2, -0.15) is 0 Å². The van der Waals surface area contributed by atoms with Crippen molar-refractivity contribution < 1.29 is 9.47 Å². The molecular formula is C19H19N3O2. The van der Waals surface area contributed by atoms with Gasteiger partial charge in [0.15, 0.2) is 0 Å². The number of nitrogen functional groups attached to an aromatic ring is 1. The number of aromatic nitrogens is 2. The maximum absolute atomic E-state index is 5.92. The molecule has 2 aromatic carbocycles. The van der Waals surface area contributed by atoms with Gasteiger partial charge < -0.3 is 15.2 Å². The van der Waals surface area contributed by atoms with Crippen LogP contribution in [0.15, 0.2) is 48.5 Å². The quantitative estimate of drug-likeness (QED) is 0.793. The first-order chi connectivity index (χ1) is 11.6. The minimum absolute atomic E-state index is 0.223. The molecule has 122 valence electrons. The molecule has 0 amide bonds. The van der Waals surface area contributed by atoms with Gasteiger partial charge in [-0.15, -0.1) is 0 Å². The van der Waals surface area contributed by atoms with E-state index in [1.165, 1.54) is 5.56 Å². The van der Waals surface area contributed by atoms with E-state index in [0.29, 0.717) is 11.4 Å². The summed E-state index contributed by atoms with van der Waals surface area (Å²) in [5, 5.41) is 0. The second kappa shape index (κ2) is 6.58. The summed E-state index contributed by atoms with van der Waals surface area (Å²) in [5.74, 6) is 1.61. The number of methoxy groups -OCH3 is 2. The Morgan fingerprint density at radius 3 is 2.21 bits per heavy atom. The van der Waals surface area contributed by atoms with Gasteiger partial charge in [0.2, 0.25) is 5.95 Å². The molecule has 0 fully saturated rings. The summed E-state index contributed by atoms with van der Waals surface area (Å²) in [6, 6.07) is 15.6. The van der Waals surface area contributed by atoms with E-state index in [1.807, 2.05) is 55.5 Å². The molecule has 0 saturated heterocycles. The third kappa shape index (κ3) is 3.15. The van der Waals surface area contributed by atoms with Gasteiger partial charge in [0, 0.05) is 17.2 Å². The predicted octanol–water partition coefficient (Wildman–Crippen LogP) is 3.72. The van der Waals surface area contributed by atoms with Gasteiger partial charge in [-0.05, 0) is 25.1 Å². The first kappa shape index (κ1) is 15.8. The van der Waals surface area contributed by atoms with Crippen molar-refractivity contribution in [3.8, 4) is 34.0 Å². The minimum atomic E-state index is 0.223. The molecule has 1 aromatic heterocycles. The van der Waals surface area contributed by atoms with Crippen molar-refractivity contribution in [2.45, 2.75) is 6.92 Å². The van der Waals surface area contributed by atoms with Gasteiger partial charge >= 0.3 is 0 Å². The highest BCUT2D eigenvalue weighted by Gasteiger charge is 2.12. The largest absolute Gasteiger partial charge is 0.497 e. The molecule has 5 nitrogen and oxygen atoms in total. The van der Waals surface area contributed by atoms with Gasteiger partial charge in [0.25, 0.3) is 0 Å². The topological polar surface area (TPSA) is 70.3 Å². The normalized spacial score (nSPS) is 10.5. The van der Waals surface area contributed by atoms with E-state index in [1.54, 1.807) is 14.2 Å². The molecule has 3 aromatic rings. The van der Waals surface area contributed by atoms with Crippen molar-refractivity contribution in [1.82, 2.24) is 9.97 Å². The van der Waals surface area contributed by atoms with Crippen molar-refractivity contribution in [2.75, 3.05) is 20.0 Å². The van der Waals surface area contributed by atoms with Crippen LogP contribution in [-0.4, -0.2) is 24.2 Å². The third-order valence-electron chi connectivity index (χ3n) is 3.78. The van der Waals surface area contributed by atoms with Crippen LogP contribution in [0, 0.1) is 6.92 Å². The van der Waals surface area contributed by atoms with Crippen LogP contribution in [0.4, 0.5) is 5.95 Å². The first-order valence-corrected chi connectivity index (χ1v) is 7.54. The van der Waals surface area contributed by atoms with Crippen LogP contribution in [0.25, 0.3) is 22.5 Å². The highest BCUT2D eigenvalue weighted by molar-refractivity contribution is 5.73. The van der Waals surface area contributed by atoms with Gasteiger partial charge in [-0.25, -0.2) is 9.97 Å². The molecule has 0 unspecified atom stereocenters. The number of nitrogens with zero attached hydrogens (tertiary/aromatic N) is 2. The zero-order valence-electron chi connectivity index (χ0n) is 13.9. The van der Waals surface area contributed by atoms with Crippen LogP contribution in [0.1, 0.15) is 5.56 Å². The third-order valence-corrected chi connectivity index (χ3v) is 3.78. The number of benzene rings is 2. The highest BCUT2D eigenvalue weighted by atomic mass is 16.5. The Morgan fingerprint density at radius 2 is 1.54 bits per heavy atom. The fourth-order valence-corrected chi connectivity index (χ4v) is 2.49. The van der Waals surface area contributed by atoms with Crippen LogP contribution >= 0.6 is 0 Å². The predicted molar refractivity (Wildman–Crippen MR) is 95.2 cm³/mol. The lowest BCUT2D eigenvalue weighted by atomic mass is 10.1. The maximum atomic E-state index is 5.92. The summed E-state index contributed by atoms with van der Waals surface area (Å²) in [4.78, 5) is 8.71. The van der Waals surface area contributed by atoms with E-state index in [-0.39, 0.29) is 5.95 Å². The van der Waals surface area contributed by atoms with E-state index >= 15 is 0 Å². The fraction of sp³-hybridized carbons (Fsp3) is 0.158. The molecule has 0 spiro atoms. The van der Waals surface area contributed by atoms with Crippen LogP contribution in [-0.2, 0) is 0 Å². The van der Waals surface area contributed by atoms with Crippen molar-refractivity contribution >= 4 is 5.95 Å². The maximum Gasteiger partial charge on any atom is 0.221 e. The van der Waals surface area contributed by atoms with Crippen molar-refractivity contribution in [2.24, 2.45) is 0 Å². The molecule has 5 heteroatoms. The number of hydrogen-bond acceptors (Lipinski definition) is 5. The number of anilines is 1. The van der Waals surface area contributed by atoms with Crippen LogP contribution in [0.3, 0.4) is 0 Å². The molecule has 1 heterocycles. The molecule has 0 aliphatic rings. The van der Waals surface area contributed by atoms with E-state index in [4.69, 9.17) is 15.2 Å². The Labute approximate surface area is 141 Å². The second-order valence-corrected chi connectivity index (χ2v) is 5.43. The average Bonchev–Trinajstić information content (AvgIpc) is 2.61. The summed E-state index contributed by atoms with van der Waals surface area (Å²) in [6.45, 7) is 2.05. The molecule has 0 aliphatic carbocycles. The first-order valence-electron chi connectivity index (χ1n) is 7.54. The summed E-state index contributed by atoms with van der Waals surface area (Å²) < 4.78 is 10.7. The molecule has 0 bridgehead atoms. The second-order valence-electron chi connectivity index (χ2n) is 5.43.